The molecule has 0 aromatic heterocycles. The van der Waals surface area contributed by atoms with Crippen LogP contribution in [0, 0.1) is 0 Å². The summed E-state index contributed by atoms with van der Waals surface area (Å²) in [4.78, 5) is 0. The Kier molecular flexibility index (Phi) is 6.24. The summed E-state index contributed by atoms with van der Waals surface area (Å²) in [5.41, 5.74) is 0. The molecule has 1 saturated heterocycles. The molecule has 25 heavy (non-hydrogen) atoms. The van der Waals surface area contributed by atoms with Crippen molar-refractivity contribution in [1.82, 2.24) is 0 Å². The number of hydrogen-bond donors (Lipinski definition) is 0. The Bertz CT molecular complexity index is 707. The van der Waals surface area contributed by atoms with Crippen LogP contribution in [0.25, 0.3) is 0 Å². The van der Waals surface area contributed by atoms with Crippen molar-refractivity contribution in [3.8, 4) is 0 Å². The lowest BCUT2D eigenvalue weighted by molar-refractivity contribution is 0.161. The molecule has 3 rings (SSSR count). The Morgan fingerprint density at radius 3 is 1.96 bits per heavy atom. The largest absolute Gasteiger partial charge is 0.314 e. The van der Waals surface area contributed by atoms with Crippen molar-refractivity contribution in [2.45, 2.75) is 38.4 Å². The van der Waals surface area contributed by atoms with Crippen LogP contribution < -0.4 is 10.6 Å². The Hall–Kier alpha value is -1.26. The van der Waals surface area contributed by atoms with E-state index in [0.29, 0.717) is 6.16 Å². The SMILES string of the molecule is CCCC[C@H]1OS(=O)O[C@@H]1CP(=O)(c1ccccc1)c1ccccc1. The van der Waals surface area contributed by atoms with Gasteiger partial charge in [-0.15, -0.1) is 0 Å². The fourth-order valence-electron chi connectivity index (χ4n) is 3.09. The lowest BCUT2D eigenvalue weighted by atomic mass is 10.1. The lowest BCUT2D eigenvalue weighted by Gasteiger charge is -2.23. The molecule has 1 aliphatic rings. The molecule has 0 radical (unpaired) electrons. The molecule has 4 nitrogen and oxygen atoms in total. The van der Waals surface area contributed by atoms with Crippen LogP contribution in [-0.4, -0.2) is 22.6 Å². The maximum absolute atomic E-state index is 14.1. The Labute approximate surface area is 151 Å². The van der Waals surface area contributed by atoms with E-state index in [1.165, 1.54) is 0 Å². The van der Waals surface area contributed by atoms with Gasteiger partial charge in [-0.3, -0.25) is 8.37 Å². The zero-order chi connectivity index (χ0) is 17.7. The molecular formula is C19H23O4PS. The minimum Gasteiger partial charge on any atom is -0.314 e. The molecule has 2 aromatic rings. The first kappa shape index (κ1) is 18.5. The van der Waals surface area contributed by atoms with Crippen molar-refractivity contribution < 1.29 is 17.1 Å². The normalized spacial score (nSPS) is 23.6. The van der Waals surface area contributed by atoms with Crippen LogP contribution in [-0.2, 0) is 24.3 Å². The van der Waals surface area contributed by atoms with Gasteiger partial charge in [-0.1, -0.05) is 80.4 Å². The molecule has 1 heterocycles. The topological polar surface area (TPSA) is 52.6 Å². The molecule has 0 spiro atoms. The van der Waals surface area contributed by atoms with Gasteiger partial charge < -0.3 is 4.57 Å². The summed E-state index contributed by atoms with van der Waals surface area (Å²) in [6.07, 6.45) is 2.33. The molecule has 0 bridgehead atoms. The van der Waals surface area contributed by atoms with E-state index in [4.69, 9.17) is 8.37 Å². The van der Waals surface area contributed by atoms with Crippen molar-refractivity contribution in [2.75, 3.05) is 6.16 Å². The number of hydrogen-bond acceptors (Lipinski definition) is 4. The third-order valence-electron chi connectivity index (χ3n) is 4.44. The van der Waals surface area contributed by atoms with Gasteiger partial charge in [0, 0.05) is 16.8 Å². The van der Waals surface area contributed by atoms with Crippen molar-refractivity contribution >= 4 is 29.1 Å². The molecule has 6 heteroatoms. The fourth-order valence-corrected chi connectivity index (χ4v) is 6.89. The highest BCUT2D eigenvalue weighted by Gasteiger charge is 2.41. The molecule has 0 amide bonds. The summed E-state index contributed by atoms with van der Waals surface area (Å²) in [5, 5.41) is 1.58. The first-order valence-corrected chi connectivity index (χ1v) is 11.5. The Balaban J connectivity index is 1.93. The zero-order valence-electron chi connectivity index (χ0n) is 14.2. The predicted octanol–water partition coefficient (Wildman–Crippen LogP) is 3.55. The van der Waals surface area contributed by atoms with E-state index in [0.717, 1.165) is 29.9 Å². The molecular weight excluding hydrogens is 355 g/mol. The summed E-state index contributed by atoms with van der Waals surface area (Å²) >= 11 is -1.76. The summed E-state index contributed by atoms with van der Waals surface area (Å²) in [5.74, 6) is 0. The number of unbranched alkanes of at least 4 members (excludes halogenated alkanes) is 1. The van der Waals surface area contributed by atoms with E-state index in [2.05, 4.69) is 6.92 Å². The molecule has 134 valence electrons. The average Bonchev–Trinajstić information content (AvgIpc) is 3.00. The standard InChI is InChI=1S/C19H23O4PS/c1-2-3-14-18-19(23-25(21)22-18)15-24(20,16-10-6-4-7-11-16)17-12-8-5-9-13-17/h4-13,18-19H,2-3,14-15H2,1H3/t18-,19-,25?/m1/s1. The molecule has 0 N–H and O–H groups in total. The van der Waals surface area contributed by atoms with Crippen LogP contribution in [0.4, 0.5) is 0 Å². The smallest absolute Gasteiger partial charge is 0.305 e. The summed E-state index contributed by atoms with van der Waals surface area (Å²) in [7, 11) is -2.91. The van der Waals surface area contributed by atoms with Gasteiger partial charge in [0.1, 0.15) is 19.3 Å². The van der Waals surface area contributed by atoms with Gasteiger partial charge in [-0.25, -0.2) is 0 Å². The maximum Gasteiger partial charge on any atom is 0.305 e. The highest BCUT2D eigenvalue weighted by molar-refractivity contribution is 7.79. The zero-order valence-corrected chi connectivity index (χ0v) is 16.0. The summed E-state index contributed by atoms with van der Waals surface area (Å²) in [6, 6.07) is 19.0. The van der Waals surface area contributed by atoms with Crippen molar-refractivity contribution in [3.05, 3.63) is 60.7 Å². The Morgan fingerprint density at radius 1 is 0.920 bits per heavy atom. The van der Waals surface area contributed by atoms with Crippen LogP contribution >= 0.6 is 7.14 Å². The van der Waals surface area contributed by atoms with Crippen LogP contribution in [0.2, 0.25) is 0 Å². The molecule has 2 aromatic carbocycles. The first-order valence-electron chi connectivity index (χ1n) is 8.60. The Morgan fingerprint density at radius 2 is 1.44 bits per heavy atom. The van der Waals surface area contributed by atoms with Gasteiger partial charge in [0.2, 0.25) is 0 Å². The van der Waals surface area contributed by atoms with E-state index < -0.39 is 24.6 Å². The van der Waals surface area contributed by atoms with E-state index in [1.807, 2.05) is 60.7 Å². The minimum atomic E-state index is -2.91. The van der Waals surface area contributed by atoms with Gasteiger partial charge >= 0.3 is 11.4 Å². The monoisotopic (exact) mass is 378 g/mol. The van der Waals surface area contributed by atoms with Crippen LogP contribution in [0.5, 0.6) is 0 Å². The molecule has 1 unspecified atom stereocenters. The summed E-state index contributed by atoms with van der Waals surface area (Å²) < 4.78 is 36.7. The van der Waals surface area contributed by atoms with Crippen molar-refractivity contribution in [2.24, 2.45) is 0 Å². The van der Waals surface area contributed by atoms with Gasteiger partial charge in [0.25, 0.3) is 0 Å². The highest BCUT2D eigenvalue weighted by atomic mass is 32.2. The molecule has 1 fully saturated rings. The van der Waals surface area contributed by atoms with E-state index >= 15 is 0 Å². The second kappa shape index (κ2) is 8.41. The first-order chi connectivity index (χ1) is 12.1. The second-order valence-corrected chi connectivity index (χ2v) is 9.88. The van der Waals surface area contributed by atoms with E-state index in [1.54, 1.807) is 0 Å². The molecule has 1 aliphatic heterocycles. The third kappa shape index (κ3) is 4.29. The van der Waals surface area contributed by atoms with Gasteiger partial charge in [0.05, 0.1) is 0 Å². The second-order valence-electron chi connectivity index (χ2n) is 6.21. The quantitative estimate of drug-likeness (QED) is 0.692. The lowest BCUT2D eigenvalue weighted by Crippen LogP contribution is -2.31. The van der Waals surface area contributed by atoms with Crippen molar-refractivity contribution in [3.63, 3.8) is 0 Å². The number of benzene rings is 2. The molecule has 0 aliphatic carbocycles. The van der Waals surface area contributed by atoms with Gasteiger partial charge in [-0.05, 0) is 6.42 Å². The highest BCUT2D eigenvalue weighted by Crippen LogP contribution is 2.46. The minimum absolute atomic E-state index is 0.276. The average molecular weight is 378 g/mol. The molecule has 0 saturated carbocycles. The number of rotatable bonds is 7. The summed E-state index contributed by atoms with van der Waals surface area (Å²) in [6.45, 7) is 2.10. The van der Waals surface area contributed by atoms with Gasteiger partial charge in [-0.2, -0.15) is 4.21 Å². The van der Waals surface area contributed by atoms with Crippen LogP contribution in [0.15, 0.2) is 60.7 Å². The van der Waals surface area contributed by atoms with Crippen molar-refractivity contribution in [1.29, 1.82) is 0 Å². The van der Waals surface area contributed by atoms with E-state index in [9.17, 15) is 8.77 Å². The van der Waals surface area contributed by atoms with E-state index in [-0.39, 0.29) is 6.10 Å². The third-order valence-corrected chi connectivity index (χ3v) is 8.39. The van der Waals surface area contributed by atoms with Crippen LogP contribution in [0.3, 0.4) is 0 Å². The molecule has 3 atom stereocenters. The van der Waals surface area contributed by atoms with Crippen LogP contribution in [0.1, 0.15) is 26.2 Å². The predicted molar refractivity (Wildman–Crippen MR) is 102 cm³/mol. The van der Waals surface area contributed by atoms with Gasteiger partial charge in [0.15, 0.2) is 0 Å². The maximum atomic E-state index is 14.1. The fraction of sp³-hybridized carbons (Fsp3) is 0.368.